The highest BCUT2D eigenvalue weighted by molar-refractivity contribution is 5.76. The number of ether oxygens (including phenoxy) is 11. The number of hydrogen-bond donors (Lipinski definition) is 6. The van der Waals surface area contributed by atoms with E-state index in [2.05, 4.69) is 30.6 Å². The van der Waals surface area contributed by atoms with Crippen molar-refractivity contribution in [1.82, 2.24) is 30.6 Å². The normalized spacial score (nSPS) is 11.0. The number of hydrogen-bond acceptors (Lipinski definition) is 21. The smallest absolute Gasteiger partial charge is 0.221 e. The van der Waals surface area contributed by atoms with Gasteiger partial charge in [0, 0.05) is 75.5 Å². The summed E-state index contributed by atoms with van der Waals surface area (Å²) in [5.41, 5.74) is 26.5. The van der Waals surface area contributed by atoms with Crippen molar-refractivity contribution in [3.05, 3.63) is 58.9 Å². The third-order valence-electron chi connectivity index (χ3n) is 10.8. The van der Waals surface area contributed by atoms with Crippen LogP contribution in [-0.4, -0.2) is 153 Å². The van der Waals surface area contributed by atoms with Gasteiger partial charge in [-0.25, -0.2) is 9.97 Å². The molecule has 0 fully saturated rings. The van der Waals surface area contributed by atoms with Gasteiger partial charge in [0.2, 0.25) is 35.2 Å². The number of nitrogens with two attached hydrogens (primary N) is 4. The number of methoxy groups -OCH3 is 4. The minimum absolute atomic E-state index is 0.0182. The van der Waals surface area contributed by atoms with Crippen LogP contribution in [0.15, 0.2) is 36.7 Å². The number of rotatable bonds is 40. The molecule has 10 N–H and O–H groups in total. The van der Waals surface area contributed by atoms with Gasteiger partial charge in [0.15, 0.2) is 23.0 Å². The fraction of sp³-hybridized carbons (Fsp3) is 0.560. The highest BCUT2D eigenvalue weighted by Gasteiger charge is 2.18. The Bertz CT molecular complexity index is 2040. The van der Waals surface area contributed by atoms with Gasteiger partial charge in [-0.2, -0.15) is 9.97 Å². The van der Waals surface area contributed by atoms with Crippen molar-refractivity contribution >= 4 is 35.3 Å². The van der Waals surface area contributed by atoms with Crippen LogP contribution in [0.2, 0.25) is 0 Å². The standard InChI is InChI=1S/C50H76N10O13/c1-63-39-29-35(27-37-33-57-49(53)59-47(37)51)30-40(64-2)45(39)72-17-7-5-11-43(61)55-13-9-15-67-19-21-69-23-25-71-26-24-70-22-20-68-16-10-14-56-44(62)12-6-8-18-73-46-41(65-3)31-36(32-42(46)66-4)28-38-34-58-50(54)60-48(38)52/h29-34H,5-28H2,1-4H3,(H,55,61)(H,56,62)(H4,51,53,57,59)(H4,52,54,58,60). The molecule has 0 bridgehead atoms. The maximum absolute atomic E-state index is 12.3. The molecule has 2 aromatic heterocycles. The van der Waals surface area contributed by atoms with Gasteiger partial charge in [0.05, 0.1) is 94.5 Å². The molecule has 73 heavy (non-hydrogen) atoms. The Hall–Kier alpha value is -6.66. The van der Waals surface area contributed by atoms with Crippen LogP contribution in [0.4, 0.5) is 23.5 Å². The molecular formula is C50H76N10O13. The Morgan fingerprint density at radius 3 is 1.10 bits per heavy atom. The van der Waals surface area contributed by atoms with Crippen molar-refractivity contribution in [2.75, 3.05) is 144 Å². The van der Waals surface area contributed by atoms with Crippen LogP contribution in [0.1, 0.15) is 73.6 Å². The summed E-state index contributed by atoms with van der Waals surface area (Å²) in [6.07, 6.45) is 8.94. The van der Waals surface area contributed by atoms with E-state index in [0.717, 1.165) is 22.3 Å². The van der Waals surface area contributed by atoms with E-state index in [1.165, 1.54) is 0 Å². The van der Waals surface area contributed by atoms with E-state index < -0.39 is 0 Å². The van der Waals surface area contributed by atoms with Gasteiger partial charge >= 0.3 is 0 Å². The van der Waals surface area contributed by atoms with Gasteiger partial charge in [-0.15, -0.1) is 0 Å². The van der Waals surface area contributed by atoms with Crippen molar-refractivity contribution in [1.29, 1.82) is 0 Å². The summed E-state index contributed by atoms with van der Waals surface area (Å²) in [6, 6.07) is 7.41. The number of nitrogens with zero attached hydrogens (tertiary/aromatic N) is 4. The summed E-state index contributed by atoms with van der Waals surface area (Å²) in [5.74, 6) is 3.87. The Kier molecular flexibility index (Phi) is 28.0. The molecule has 0 spiro atoms. The zero-order valence-electron chi connectivity index (χ0n) is 42.8. The lowest BCUT2D eigenvalue weighted by molar-refractivity contribution is -0.122. The number of nitrogens with one attached hydrogen (secondary N) is 2. The molecule has 0 aliphatic rings. The fourth-order valence-corrected chi connectivity index (χ4v) is 7.02. The Morgan fingerprint density at radius 1 is 0.452 bits per heavy atom. The van der Waals surface area contributed by atoms with Crippen LogP contribution in [0.25, 0.3) is 0 Å². The predicted molar refractivity (Wildman–Crippen MR) is 274 cm³/mol. The molecule has 0 unspecified atom stereocenters. The zero-order valence-corrected chi connectivity index (χ0v) is 42.8. The molecule has 0 atom stereocenters. The number of anilines is 4. The molecule has 2 amide bonds. The first-order valence-electron chi connectivity index (χ1n) is 24.5. The second kappa shape index (κ2) is 34.7. The van der Waals surface area contributed by atoms with Crippen molar-refractivity contribution in [2.45, 2.75) is 64.2 Å². The van der Waals surface area contributed by atoms with Crippen molar-refractivity contribution in [3.63, 3.8) is 0 Å². The number of unbranched alkanes of at least 4 members (excludes halogenated alkanes) is 2. The van der Waals surface area contributed by atoms with Crippen molar-refractivity contribution in [3.8, 4) is 34.5 Å². The molecule has 4 aromatic rings. The van der Waals surface area contributed by atoms with E-state index in [1.54, 1.807) is 40.8 Å². The third-order valence-corrected chi connectivity index (χ3v) is 10.8. The van der Waals surface area contributed by atoms with E-state index in [-0.39, 0.29) is 23.7 Å². The first kappa shape index (κ1) is 58.9. The van der Waals surface area contributed by atoms with Crippen LogP contribution in [0, 0.1) is 0 Å². The first-order chi connectivity index (χ1) is 35.5. The molecule has 4 rings (SSSR count). The van der Waals surface area contributed by atoms with Crippen LogP contribution in [0.3, 0.4) is 0 Å². The van der Waals surface area contributed by atoms with Crippen molar-refractivity contribution < 1.29 is 61.7 Å². The minimum Gasteiger partial charge on any atom is -0.493 e. The number of amides is 2. The van der Waals surface area contributed by atoms with Gasteiger partial charge in [0.25, 0.3) is 0 Å². The topological polar surface area (TPSA) is 315 Å². The van der Waals surface area contributed by atoms with E-state index >= 15 is 0 Å². The summed E-state index contributed by atoms with van der Waals surface area (Å²) < 4.78 is 62.2. The summed E-state index contributed by atoms with van der Waals surface area (Å²) >= 11 is 0. The summed E-state index contributed by atoms with van der Waals surface area (Å²) in [5, 5.41) is 5.86. The summed E-state index contributed by atoms with van der Waals surface area (Å²) in [4.78, 5) is 40.7. The highest BCUT2D eigenvalue weighted by Crippen LogP contribution is 2.41. The molecular weight excluding hydrogens is 949 g/mol. The SMILES string of the molecule is COc1cc(Cc2cnc(N)nc2N)cc(OC)c1OCCCCC(=O)NCCCOCCOCCOCCOCCOCCCNC(=O)CCCCOc1c(OC)cc(Cc2cnc(N)nc2N)cc1OC. The fourth-order valence-electron chi connectivity index (χ4n) is 7.02. The lowest BCUT2D eigenvalue weighted by atomic mass is 10.1. The number of carbonyl (C=O) groups is 2. The average Bonchev–Trinajstić information content (AvgIpc) is 3.38. The number of carbonyl (C=O) groups excluding carboxylic acids is 2. The molecule has 0 saturated carbocycles. The lowest BCUT2D eigenvalue weighted by Crippen LogP contribution is -2.25. The van der Waals surface area contributed by atoms with E-state index in [9.17, 15) is 9.59 Å². The second-order valence-corrected chi connectivity index (χ2v) is 16.4. The highest BCUT2D eigenvalue weighted by atomic mass is 16.6. The molecule has 2 heterocycles. The van der Waals surface area contributed by atoms with E-state index in [0.29, 0.717) is 203 Å². The van der Waals surface area contributed by atoms with Gasteiger partial charge in [0.1, 0.15) is 11.6 Å². The molecule has 23 heteroatoms. The van der Waals surface area contributed by atoms with Gasteiger partial charge in [-0.3, -0.25) is 9.59 Å². The lowest BCUT2D eigenvalue weighted by Gasteiger charge is -2.16. The van der Waals surface area contributed by atoms with Crippen LogP contribution < -0.4 is 62.0 Å². The third kappa shape index (κ3) is 22.8. The van der Waals surface area contributed by atoms with Crippen molar-refractivity contribution in [2.24, 2.45) is 0 Å². The number of nitrogen functional groups attached to an aromatic ring is 4. The van der Waals surface area contributed by atoms with Crippen LogP contribution in [-0.2, 0) is 46.1 Å². The minimum atomic E-state index is -0.0182. The predicted octanol–water partition coefficient (Wildman–Crippen LogP) is 3.71. The van der Waals surface area contributed by atoms with Gasteiger partial charge in [-0.1, -0.05) is 0 Å². The van der Waals surface area contributed by atoms with E-state index in [4.69, 9.17) is 75.0 Å². The quantitative estimate of drug-likeness (QED) is 0.0346. The molecule has 0 radical (unpaired) electrons. The van der Waals surface area contributed by atoms with Gasteiger partial charge < -0.3 is 85.7 Å². The largest absolute Gasteiger partial charge is 0.493 e. The molecule has 404 valence electrons. The number of aromatic nitrogens is 4. The van der Waals surface area contributed by atoms with Gasteiger partial charge in [-0.05, 0) is 73.9 Å². The summed E-state index contributed by atoms with van der Waals surface area (Å²) in [7, 11) is 6.24. The van der Waals surface area contributed by atoms with E-state index in [1.807, 2.05) is 24.3 Å². The Labute approximate surface area is 427 Å². The zero-order chi connectivity index (χ0) is 52.5. The second-order valence-electron chi connectivity index (χ2n) is 16.4. The number of benzene rings is 2. The monoisotopic (exact) mass is 1020 g/mol. The average molecular weight is 1030 g/mol. The molecule has 0 aliphatic carbocycles. The summed E-state index contributed by atoms with van der Waals surface area (Å²) in [6.45, 7) is 6.48. The van der Waals surface area contributed by atoms with Crippen LogP contribution >= 0.6 is 0 Å². The molecule has 0 aliphatic heterocycles. The maximum atomic E-state index is 12.3. The first-order valence-corrected chi connectivity index (χ1v) is 24.5. The molecule has 23 nitrogen and oxygen atoms in total. The Morgan fingerprint density at radius 2 is 0.781 bits per heavy atom. The molecule has 0 saturated heterocycles. The Balaban J connectivity index is 0.874. The molecule has 2 aromatic carbocycles. The van der Waals surface area contributed by atoms with Crippen LogP contribution in [0.5, 0.6) is 34.5 Å². The maximum Gasteiger partial charge on any atom is 0.221 e.